The van der Waals surface area contributed by atoms with E-state index in [1.54, 1.807) is 18.2 Å². The summed E-state index contributed by atoms with van der Waals surface area (Å²) in [7, 11) is -3.28. The van der Waals surface area contributed by atoms with Crippen LogP contribution in [0.2, 0.25) is 0 Å². The van der Waals surface area contributed by atoms with Gasteiger partial charge in [0, 0.05) is 36.5 Å². The quantitative estimate of drug-likeness (QED) is 0.747. The van der Waals surface area contributed by atoms with Gasteiger partial charge in [-0.2, -0.15) is 0 Å². The van der Waals surface area contributed by atoms with Gasteiger partial charge in [0.05, 0.1) is 10.4 Å². The zero-order valence-electron chi connectivity index (χ0n) is 15.2. The van der Waals surface area contributed by atoms with Crippen molar-refractivity contribution in [3.63, 3.8) is 0 Å². The van der Waals surface area contributed by atoms with Gasteiger partial charge >= 0.3 is 0 Å². The van der Waals surface area contributed by atoms with Crippen LogP contribution in [0.4, 0.5) is 11.5 Å². The van der Waals surface area contributed by atoms with Gasteiger partial charge in [0.25, 0.3) is 0 Å². The first-order valence-corrected chi connectivity index (χ1v) is 10.9. The van der Waals surface area contributed by atoms with Crippen molar-refractivity contribution in [1.29, 1.82) is 0 Å². The number of anilines is 2. The number of para-hydroxylation sites is 1. The second-order valence-corrected chi connectivity index (χ2v) is 8.95. The fraction of sp³-hybridized carbons (Fsp3) is 0.300. The third kappa shape index (κ3) is 3.88. The molecule has 1 saturated heterocycles. The van der Waals surface area contributed by atoms with E-state index in [1.165, 1.54) is 18.3 Å². The van der Waals surface area contributed by atoms with Crippen molar-refractivity contribution >= 4 is 32.2 Å². The Bertz CT molecular complexity index is 1050. The average Bonchev–Trinajstić information content (AvgIpc) is 2.68. The van der Waals surface area contributed by atoms with Crippen LogP contribution in [0.15, 0.2) is 59.8 Å². The van der Waals surface area contributed by atoms with Gasteiger partial charge in [-0.05, 0) is 43.2 Å². The number of fused-ring (bicyclic) bond motifs is 1. The van der Waals surface area contributed by atoms with Crippen molar-refractivity contribution in [3.8, 4) is 0 Å². The Morgan fingerprint density at radius 3 is 2.70 bits per heavy atom. The van der Waals surface area contributed by atoms with Gasteiger partial charge in [-0.1, -0.05) is 18.2 Å². The molecule has 140 valence electrons. The minimum atomic E-state index is -3.28. The third-order valence-corrected chi connectivity index (χ3v) is 6.03. The molecule has 0 bridgehead atoms. The van der Waals surface area contributed by atoms with Crippen LogP contribution >= 0.6 is 0 Å². The molecule has 2 heterocycles. The second-order valence-electron chi connectivity index (χ2n) is 6.94. The summed E-state index contributed by atoms with van der Waals surface area (Å²) in [6, 6.07) is 15.6. The molecule has 7 heteroatoms. The molecule has 0 amide bonds. The maximum atomic E-state index is 11.9. The maximum Gasteiger partial charge on any atom is 0.175 e. The van der Waals surface area contributed by atoms with Crippen molar-refractivity contribution < 1.29 is 8.42 Å². The number of benzene rings is 2. The number of rotatable bonds is 4. The van der Waals surface area contributed by atoms with Crippen molar-refractivity contribution in [2.75, 3.05) is 29.6 Å². The fourth-order valence-corrected chi connectivity index (χ4v) is 4.19. The molecule has 2 aromatic carbocycles. The first kappa shape index (κ1) is 17.7. The summed E-state index contributed by atoms with van der Waals surface area (Å²) in [5, 5.41) is 4.25. The van der Waals surface area contributed by atoms with E-state index in [-0.39, 0.29) is 10.9 Å². The van der Waals surface area contributed by atoms with E-state index in [2.05, 4.69) is 44.5 Å². The molecule has 0 radical (unpaired) electrons. The molecule has 1 unspecified atom stereocenters. The van der Waals surface area contributed by atoms with Crippen LogP contribution in [-0.2, 0) is 9.84 Å². The lowest BCUT2D eigenvalue weighted by Crippen LogP contribution is -2.42. The number of piperidine rings is 1. The van der Waals surface area contributed by atoms with Crippen LogP contribution in [0, 0.1) is 0 Å². The van der Waals surface area contributed by atoms with Crippen LogP contribution < -0.4 is 10.2 Å². The summed E-state index contributed by atoms with van der Waals surface area (Å²) >= 11 is 0. The molecule has 0 saturated carbocycles. The van der Waals surface area contributed by atoms with Gasteiger partial charge < -0.3 is 10.2 Å². The van der Waals surface area contributed by atoms with Gasteiger partial charge in [-0.25, -0.2) is 18.4 Å². The molecule has 1 N–H and O–H groups in total. The number of aromatic nitrogens is 2. The fourth-order valence-electron chi connectivity index (χ4n) is 3.54. The second kappa shape index (κ2) is 7.15. The SMILES string of the molecule is CS(=O)(=O)c1ccc2ncnc(NC3CCCN(c4ccccc4)C3)c2c1. The predicted molar refractivity (Wildman–Crippen MR) is 108 cm³/mol. The van der Waals surface area contributed by atoms with Crippen LogP contribution in [0.1, 0.15) is 12.8 Å². The highest BCUT2D eigenvalue weighted by Gasteiger charge is 2.21. The van der Waals surface area contributed by atoms with E-state index in [0.29, 0.717) is 5.82 Å². The zero-order valence-corrected chi connectivity index (χ0v) is 16.0. The summed E-state index contributed by atoms with van der Waals surface area (Å²) in [5.41, 5.74) is 1.95. The number of hydrogen-bond acceptors (Lipinski definition) is 6. The lowest BCUT2D eigenvalue weighted by atomic mass is 10.0. The molecule has 27 heavy (non-hydrogen) atoms. The Kier molecular flexibility index (Phi) is 4.70. The standard InChI is InChI=1S/C20H22N4O2S/c1-27(25,26)17-9-10-19-18(12-17)20(22-14-21-19)23-15-6-5-11-24(13-15)16-7-3-2-4-8-16/h2-4,7-10,12,14-15H,5-6,11,13H2,1H3,(H,21,22,23). The first-order chi connectivity index (χ1) is 13.0. The van der Waals surface area contributed by atoms with Crippen molar-refractivity contribution in [2.24, 2.45) is 0 Å². The van der Waals surface area contributed by atoms with Crippen molar-refractivity contribution in [3.05, 3.63) is 54.9 Å². The van der Waals surface area contributed by atoms with Crippen LogP contribution in [-0.4, -0.2) is 43.8 Å². The third-order valence-electron chi connectivity index (χ3n) is 4.92. The van der Waals surface area contributed by atoms with Gasteiger partial charge in [0.1, 0.15) is 12.1 Å². The van der Waals surface area contributed by atoms with E-state index in [4.69, 9.17) is 0 Å². The Balaban J connectivity index is 1.61. The summed E-state index contributed by atoms with van der Waals surface area (Å²) < 4.78 is 23.8. The Hall–Kier alpha value is -2.67. The summed E-state index contributed by atoms with van der Waals surface area (Å²) in [6.07, 6.45) is 4.86. The highest BCUT2D eigenvalue weighted by molar-refractivity contribution is 7.90. The topological polar surface area (TPSA) is 75.2 Å². The van der Waals surface area contributed by atoms with Crippen LogP contribution in [0.5, 0.6) is 0 Å². The van der Waals surface area contributed by atoms with Crippen LogP contribution in [0.3, 0.4) is 0 Å². The van der Waals surface area contributed by atoms with Crippen molar-refractivity contribution in [1.82, 2.24) is 9.97 Å². The molecule has 1 aliphatic rings. The van der Waals surface area contributed by atoms with Crippen molar-refractivity contribution in [2.45, 2.75) is 23.8 Å². The maximum absolute atomic E-state index is 11.9. The Morgan fingerprint density at radius 1 is 1.11 bits per heavy atom. The zero-order chi connectivity index (χ0) is 18.9. The molecular weight excluding hydrogens is 360 g/mol. The van der Waals surface area contributed by atoms with E-state index < -0.39 is 9.84 Å². The molecule has 1 aliphatic heterocycles. The van der Waals surface area contributed by atoms with Gasteiger partial charge in [-0.3, -0.25) is 0 Å². The molecule has 1 aromatic heterocycles. The van der Waals surface area contributed by atoms with E-state index in [1.807, 2.05) is 6.07 Å². The Labute approximate surface area is 159 Å². The van der Waals surface area contributed by atoms with Crippen LogP contribution in [0.25, 0.3) is 10.9 Å². The molecule has 4 rings (SSSR count). The van der Waals surface area contributed by atoms with Gasteiger partial charge in [0.15, 0.2) is 9.84 Å². The lowest BCUT2D eigenvalue weighted by Gasteiger charge is -2.35. The predicted octanol–water partition coefficient (Wildman–Crippen LogP) is 3.11. The first-order valence-electron chi connectivity index (χ1n) is 9.02. The minimum Gasteiger partial charge on any atom is -0.369 e. The molecule has 6 nitrogen and oxygen atoms in total. The summed E-state index contributed by atoms with van der Waals surface area (Å²) in [6.45, 7) is 1.91. The number of hydrogen-bond donors (Lipinski definition) is 1. The molecule has 1 fully saturated rings. The van der Waals surface area contributed by atoms with Gasteiger partial charge in [0.2, 0.25) is 0 Å². The largest absolute Gasteiger partial charge is 0.369 e. The Morgan fingerprint density at radius 2 is 1.93 bits per heavy atom. The molecule has 0 aliphatic carbocycles. The summed E-state index contributed by atoms with van der Waals surface area (Å²) in [4.78, 5) is 11.3. The molecule has 0 spiro atoms. The monoisotopic (exact) mass is 382 g/mol. The normalized spacial score (nSPS) is 17.8. The van der Waals surface area contributed by atoms with Gasteiger partial charge in [-0.15, -0.1) is 0 Å². The highest BCUT2D eigenvalue weighted by atomic mass is 32.2. The smallest absolute Gasteiger partial charge is 0.175 e. The van der Waals surface area contributed by atoms with E-state index >= 15 is 0 Å². The number of sulfone groups is 1. The summed E-state index contributed by atoms with van der Waals surface area (Å²) in [5.74, 6) is 0.686. The average molecular weight is 382 g/mol. The number of nitrogens with one attached hydrogen (secondary N) is 1. The number of nitrogens with zero attached hydrogens (tertiary/aromatic N) is 3. The molecule has 1 atom stereocenters. The molecular formula is C20H22N4O2S. The highest BCUT2D eigenvalue weighted by Crippen LogP contribution is 2.26. The van der Waals surface area contributed by atoms with E-state index in [9.17, 15) is 8.42 Å². The lowest BCUT2D eigenvalue weighted by molar-refractivity contribution is 0.529. The molecule has 3 aromatic rings. The van der Waals surface area contributed by atoms with E-state index in [0.717, 1.165) is 36.8 Å². The minimum absolute atomic E-state index is 0.235.